The average molecular weight is 168 g/mol. The zero-order valence-electron chi connectivity index (χ0n) is 7.30. The van der Waals surface area contributed by atoms with E-state index in [-0.39, 0.29) is 0 Å². The summed E-state index contributed by atoms with van der Waals surface area (Å²) >= 11 is 0. The molecule has 0 atom stereocenters. The molecule has 0 unspecified atom stereocenters. The monoisotopic (exact) mass is 168 g/mol. The second-order valence-electron chi connectivity index (χ2n) is 3.41. The molecule has 1 nitrogen and oxygen atoms in total. The van der Waals surface area contributed by atoms with Crippen LogP contribution in [0.15, 0.2) is 30.3 Å². The van der Waals surface area contributed by atoms with Crippen LogP contribution < -0.4 is 5.32 Å². The van der Waals surface area contributed by atoms with E-state index in [4.69, 9.17) is 0 Å². The lowest BCUT2D eigenvalue weighted by molar-refractivity contribution is 1.11. The standard InChI is InChI=1S/C12H10N/c1-2-4-11-9(3-1)5-6-10-7-8-13-12(10)11/h1-3,5-6,13H,7-8H2. The lowest BCUT2D eigenvalue weighted by Crippen LogP contribution is -1.91. The molecule has 0 fully saturated rings. The van der Waals surface area contributed by atoms with E-state index in [0.29, 0.717) is 0 Å². The fraction of sp³-hybridized carbons (Fsp3) is 0.167. The highest BCUT2D eigenvalue weighted by molar-refractivity contribution is 5.95. The molecule has 1 heteroatoms. The van der Waals surface area contributed by atoms with Crippen LogP contribution in [0.5, 0.6) is 0 Å². The van der Waals surface area contributed by atoms with Gasteiger partial charge in [-0.25, -0.2) is 0 Å². The Labute approximate surface area is 77.4 Å². The Bertz CT molecular complexity index is 460. The number of anilines is 1. The maximum atomic E-state index is 3.41. The van der Waals surface area contributed by atoms with Gasteiger partial charge in [-0.3, -0.25) is 0 Å². The Hall–Kier alpha value is -1.50. The van der Waals surface area contributed by atoms with Gasteiger partial charge in [-0.15, -0.1) is 0 Å². The molecule has 13 heavy (non-hydrogen) atoms. The van der Waals surface area contributed by atoms with E-state index >= 15 is 0 Å². The molecule has 0 bridgehead atoms. The van der Waals surface area contributed by atoms with Gasteiger partial charge < -0.3 is 5.32 Å². The third-order valence-corrected chi connectivity index (χ3v) is 2.62. The molecule has 0 saturated heterocycles. The van der Waals surface area contributed by atoms with Crippen LogP contribution in [0, 0.1) is 6.07 Å². The normalized spacial score (nSPS) is 14.2. The zero-order chi connectivity index (χ0) is 8.67. The molecule has 1 aliphatic heterocycles. The average Bonchev–Trinajstić information content (AvgIpc) is 2.65. The van der Waals surface area contributed by atoms with Gasteiger partial charge in [-0.05, 0) is 23.4 Å². The smallest absolute Gasteiger partial charge is 0.0459 e. The van der Waals surface area contributed by atoms with Crippen LogP contribution in [0.1, 0.15) is 5.56 Å². The molecule has 0 aromatic heterocycles. The molecule has 1 heterocycles. The first-order valence-corrected chi connectivity index (χ1v) is 4.61. The van der Waals surface area contributed by atoms with E-state index in [2.05, 4.69) is 29.6 Å². The van der Waals surface area contributed by atoms with E-state index in [1.54, 1.807) is 0 Å². The van der Waals surface area contributed by atoms with Crippen molar-refractivity contribution in [2.75, 3.05) is 11.9 Å². The van der Waals surface area contributed by atoms with Gasteiger partial charge in [0.15, 0.2) is 0 Å². The maximum absolute atomic E-state index is 3.41. The second kappa shape index (κ2) is 2.49. The molecule has 3 rings (SSSR count). The molecule has 63 valence electrons. The van der Waals surface area contributed by atoms with Crippen LogP contribution >= 0.6 is 0 Å². The van der Waals surface area contributed by atoms with Crippen LogP contribution in [0.2, 0.25) is 0 Å². The minimum Gasteiger partial charge on any atom is -0.384 e. The molecule has 0 spiro atoms. The molecule has 2 aromatic rings. The van der Waals surface area contributed by atoms with Crippen molar-refractivity contribution < 1.29 is 0 Å². The summed E-state index contributed by atoms with van der Waals surface area (Å²) in [7, 11) is 0. The second-order valence-corrected chi connectivity index (χ2v) is 3.41. The van der Waals surface area contributed by atoms with E-state index in [1.807, 2.05) is 12.1 Å². The number of nitrogens with one attached hydrogen (secondary N) is 1. The molecule has 1 aliphatic rings. The van der Waals surface area contributed by atoms with Gasteiger partial charge in [0.05, 0.1) is 0 Å². The van der Waals surface area contributed by atoms with Crippen LogP contribution in [-0.4, -0.2) is 6.54 Å². The van der Waals surface area contributed by atoms with Gasteiger partial charge in [0.2, 0.25) is 0 Å². The summed E-state index contributed by atoms with van der Waals surface area (Å²) in [5.74, 6) is 0. The zero-order valence-corrected chi connectivity index (χ0v) is 7.30. The number of hydrogen-bond acceptors (Lipinski definition) is 1. The molecule has 1 N–H and O–H groups in total. The highest BCUT2D eigenvalue weighted by Crippen LogP contribution is 2.30. The van der Waals surface area contributed by atoms with E-state index in [1.165, 1.54) is 22.0 Å². The van der Waals surface area contributed by atoms with E-state index in [0.717, 1.165) is 13.0 Å². The van der Waals surface area contributed by atoms with Crippen LogP contribution in [0.4, 0.5) is 5.69 Å². The van der Waals surface area contributed by atoms with Crippen LogP contribution in [-0.2, 0) is 6.42 Å². The first kappa shape index (κ1) is 6.96. The Morgan fingerprint density at radius 2 is 2.23 bits per heavy atom. The van der Waals surface area contributed by atoms with Gasteiger partial charge in [0.1, 0.15) is 0 Å². The highest BCUT2D eigenvalue weighted by atomic mass is 14.9. The van der Waals surface area contributed by atoms with Crippen molar-refractivity contribution in [3.63, 3.8) is 0 Å². The summed E-state index contributed by atoms with van der Waals surface area (Å²) in [5.41, 5.74) is 2.72. The minimum absolute atomic E-state index is 1.07. The first-order valence-electron chi connectivity index (χ1n) is 4.61. The quantitative estimate of drug-likeness (QED) is 0.637. The summed E-state index contributed by atoms with van der Waals surface area (Å²) in [6.07, 6.45) is 1.15. The van der Waals surface area contributed by atoms with Crippen LogP contribution in [0.3, 0.4) is 0 Å². The molecular weight excluding hydrogens is 158 g/mol. The predicted molar refractivity (Wildman–Crippen MR) is 55.0 cm³/mol. The molecule has 0 saturated carbocycles. The molecule has 2 aromatic carbocycles. The molecular formula is C12H10N. The summed E-state index contributed by atoms with van der Waals surface area (Å²) in [5, 5.41) is 5.92. The summed E-state index contributed by atoms with van der Waals surface area (Å²) in [4.78, 5) is 0. The summed E-state index contributed by atoms with van der Waals surface area (Å²) in [6.45, 7) is 1.07. The van der Waals surface area contributed by atoms with Crippen molar-refractivity contribution in [2.24, 2.45) is 0 Å². The van der Waals surface area contributed by atoms with Crippen molar-refractivity contribution in [1.29, 1.82) is 0 Å². The minimum atomic E-state index is 1.07. The van der Waals surface area contributed by atoms with Gasteiger partial charge in [-0.2, -0.15) is 0 Å². The van der Waals surface area contributed by atoms with E-state index in [9.17, 15) is 0 Å². The number of rotatable bonds is 0. The lowest BCUT2D eigenvalue weighted by Gasteiger charge is -2.04. The Kier molecular flexibility index (Phi) is 1.33. The Morgan fingerprint density at radius 1 is 1.23 bits per heavy atom. The molecule has 1 radical (unpaired) electrons. The Balaban J connectivity index is 2.43. The van der Waals surface area contributed by atoms with Crippen molar-refractivity contribution >= 4 is 16.5 Å². The van der Waals surface area contributed by atoms with Crippen molar-refractivity contribution in [3.8, 4) is 0 Å². The van der Waals surface area contributed by atoms with Gasteiger partial charge in [0.25, 0.3) is 0 Å². The number of hydrogen-bond donors (Lipinski definition) is 1. The third kappa shape index (κ3) is 0.934. The summed E-state index contributed by atoms with van der Waals surface area (Å²) in [6, 6.07) is 13.8. The number of fused-ring (bicyclic) bond motifs is 3. The van der Waals surface area contributed by atoms with Crippen LogP contribution in [0.25, 0.3) is 10.8 Å². The van der Waals surface area contributed by atoms with Gasteiger partial charge in [0, 0.05) is 17.6 Å². The number of benzene rings is 2. The van der Waals surface area contributed by atoms with Gasteiger partial charge >= 0.3 is 0 Å². The highest BCUT2D eigenvalue weighted by Gasteiger charge is 2.11. The summed E-state index contributed by atoms with van der Waals surface area (Å²) < 4.78 is 0. The van der Waals surface area contributed by atoms with Crippen molar-refractivity contribution in [2.45, 2.75) is 6.42 Å². The maximum Gasteiger partial charge on any atom is 0.0459 e. The third-order valence-electron chi connectivity index (χ3n) is 2.62. The van der Waals surface area contributed by atoms with Crippen molar-refractivity contribution in [1.82, 2.24) is 0 Å². The fourth-order valence-electron chi connectivity index (χ4n) is 1.97. The predicted octanol–water partition coefficient (Wildman–Crippen LogP) is 2.61. The topological polar surface area (TPSA) is 12.0 Å². The van der Waals surface area contributed by atoms with E-state index < -0.39 is 0 Å². The Morgan fingerprint density at radius 3 is 3.23 bits per heavy atom. The fourth-order valence-corrected chi connectivity index (χ4v) is 1.97. The SMILES string of the molecule is [c]1cccc2ccc3c(c12)NCC3. The largest absolute Gasteiger partial charge is 0.384 e. The van der Waals surface area contributed by atoms with Crippen molar-refractivity contribution in [3.05, 3.63) is 42.0 Å². The first-order chi connectivity index (χ1) is 6.45. The lowest BCUT2D eigenvalue weighted by atomic mass is 10.0. The van der Waals surface area contributed by atoms with Gasteiger partial charge in [-0.1, -0.05) is 30.3 Å². The molecule has 0 aliphatic carbocycles. The molecule has 0 amide bonds.